The van der Waals surface area contributed by atoms with Crippen LogP contribution in [0.3, 0.4) is 0 Å². The van der Waals surface area contributed by atoms with Crippen molar-refractivity contribution in [1.82, 2.24) is 5.32 Å². The van der Waals surface area contributed by atoms with Crippen molar-refractivity contribution in [2.24, 2.45) is 5.92 Å². The lowest BCUT2D eigenvalue weighted by molar-refractivity contribution is -0.152. The highest BCUT2D eigenvalue weighted by Crippen LogP contribution is 2.24. The third-order valence-electron chi connectivity index (χ3n) is 4.22. The predicted molar refractivity (Wildman–Crippen MR) is 92.3 cm³/mol. The van der Waals surface area contributed by atoms with Crippen LogP contribution < -0.4 is 5.32 Å². The molecule has 0 radical (unpaired) electrons. The van der Waals surface area contributed by atoms with Crippen LogP contribution in [0.25, 0.3) is 0 Å². The van der Waals surface area contributed by atoms with Gasteiger partial charge in [0, 0.05) is 10.9 Å². The van der Waals surface area contributed by atoms with E-state index in [1.165, 1.54) is 18.2 Å². The molecule has 1 amide bonds. The molecule has 1 aromatic carbocycles. The van der Waals surface area contributed by atoms with Crippen LogP contribution >= 0.6 is 11.8 Å². The number of carbonyl (C=O) groups is 2. The number of esters is 1. The van der Waals surface area contributed by atoms with Crippen molar-refractivity contribution < 1.29 is 14.3 Å². The largest absolute Gasteiger partial charge is 0.452 e. The van der Waals surface area contributed by atoms with Gasteiger partial charge in [-0.1, -0.05) is 38.0 Å². The Balaban J connectivity index is 1.73. The molecule has 3 atom stereocenters. The molecule has 1 aliphatic carbocycles. The van der Waals surface area contributed by atoms with Crippen molar-refractivity contribution in [2.75, 3.05) is 5.75 Å². The van der Waals surface area contributed by atoms with Crippen LogP contribution in [-0.2, 0) is 14.3 Å². The summed E-state index contributed by atoms with van der Waals surface area (Å²) in [5.41, 5.74) is 0. The summed E-state index contributed by atoms with van der Waals surface area (Å²) >= 11 is 1.41. The van der Waals surface area contributed by atoms with Crippen molar-refractivity contribution in [3.63, 3.8) is 0 Å². The molecule has 126 valence electrons. The highest BCUT2D eigenvalue weighted by Gasteiger charge is 2.26. The summed E-state index contributed by atoms with van der Waals surface area (Å²) in [6.45, 7) is 3.80. The molecule has 5 heteroatoms. The fourth-order valence-corrected chi connectivity index (χ4v) is 3.48. The van der Waals surface area contributed by atoms with Crippen LogP contribution in [0.2, 0.25) is 0 Å². The number of rotatable bonds is 6. The van der Waals surface area contributed by atoms with E-state index >= 15 is 0 Å². The zero-order valence-electron chi connectivity index (χ0n) is 13.8. The van der Waals surface area contributed by atoms with Gasteiger partial charge in [-0.05, 0) is 37.8 Å². The third kappa shape index (κ3) is 5.90. The molecular weight excluding hydrogens is 310 g/mol. The number of benzene rings is 1. The average molecular weight is 335 g/mol. The van der Waals surface area contributed by atoms with E-state index in [-0.39, 0.29) is 23.7 Å². The van der Waals surface area contributed by atoms with Gasteiger partial charge in [0.05, 0.1) is 5.75 Å². The number of hydrogen-bond acceptors (Lipinski definition) is 4. The van der Waals surface area contributed by atoms with E-state index in [9.17, 15) is 9.59 Å². The first-order chi connectivity index (χ1) is 11.1. The van der Waals surface area contributed by atoms with Crippen LogP contribution in [0, 0.1) is 5.92 Å². The minimum Gasteiger partial charge on any atom is -0.452 e. The Morgan fingerprint density at radius 3 is 2.65 bits per heavy atom. The molecule has 1 fully saturated rings. The summed E-state index contributed by atoms with van der Waals surface area (Å²) in [7, 11) is 0. The van der Waals surface area contributed by atoms with Gasteiger partial charge in [-0.2, -0.15) is 0 Å². The van der Waals surface area contributed by atoms with Gasteiger partial charge in [-0.15, -0.1) is 11.8 Å². The average Bonchev–Trinajstić information content (AvgIpc) is 2.56. The molecule has 0 bridgehead atoms. The Kier molecular flexibility index (Phi) is 6.96. The minimum atomic E-state index is -0.743. The van der Waals surface area contributed by atoms with Crippen LogP contribution in [0.1, 0.15) is 39.5 Å². The summed E-state index contributed by atoms with van der Waals surface area (Å²) in [5, 5.41) is 3.02. The van der Waals surface area contributed by atoms with Crippen molar-refractivity contribution in [2.45, 2.75) is 56.6 Å². The Hall–Kier alpha value is -1.49. The normalized spacial score (nSPS) is 22.2. The molecule has 2 rings (SSSR count). The van der Waals surface area contributed by atoms with Crippen molar-refractivity contribution in [3.8, 4) is 0 Å². The van der Waals surface area contributed by atoms with Gasteiger partial charge in [0.25, 0.3) is 5.91 Å². The topological polar surface area (TPSA) is 55.4 Å². The van der Waals surface area contributed by atoms with Gasteiger partial charge >= 0.3 is 5.97 Å². The maximum Gasteiger partial charge on any atom is 0.317 e. The molecule has 1 saturated carbocycles. The molecule has 0 heterocycles. The number of thioether (sulfide) groups is 1. The van der Waals surface area contributed by atoms with Gasteiger partial charge in [0.1, 0.15) is 0 Å². The maximum atomic E-state index is 12.2. The van der Waals surface area contributed by atoms with E-state index in [4.69, 9.17) is 4.74 Å². The van der Waals surface area contributed by atoms with Gasteiger partial charge < -0.3 is 10.1 Å². The van der Waals surface area contributed by atoms with Gasteiger partial charge in [0.15, 0.2) is 6.10 Å². The molecule has 0 saturated heterocycles. The second-order valence-corrected chi connectivity index (χ2v) is 7.16. The monoisotopic (exact) mass is 335 g/mol. The lowest BCUT2D eigenvalue weighted by atomic mass is 9.86. The van der Waals surface area contributed by atoms with E-state index in [0.29, 0.717) is 5.92 Å². The zero-order valence-corrected chi connectivity index (χ0v) is 14.6. The molecule has 4 nitrogen and oxygen atoms in total. The van der Waals surface area contributed by atoms with E-state index in [2.05, 4.69) is 12.2 Å². The molecule has 1 aromatic rings. The third-order valence-corrected chi connectivity index (χ3v) is 5.20. The van der Waals surface area contributed by atoms with Crippen LogP contribution in [0.4, 0.5) is 0 Å². The van der Waals surface area contributed by atoms with E-state index in [1.807, 2.05) is 30.3 Å². The second kappa shape index (κ2) is 8.96. The Labute approximate surface area is 142 Å². The summed E-state index contributed by atoms with van der Waals surface area (Å²) in [6, 6.07) is 9.87. The maximum absolute atomic E-state index is 12.2. The standard InChI is InChI=1S/C18H25NO3S/c1-13-8-6-7-11-16(13)19-18(21)14(2)22-17(20)12-23-15-9-4-3-5-10-15/h3-5,9-10,13-14,16H,6-8,11-12H2,1-2H3,(H,19,21)/t13-,14+,16-/m0/s1. The Morgan fingerprint density at radius 1 is 1.26 bits per heavy atom. The van der Waals surface area contributed by atoms with Crippen LogP contribution in [-0.4, -0.2) is 29.8 Å². The van der Waals surface area contributed by atoms with Gasteiger partial charge in [0.2, 0.25) is 0 Å². The number of nitrogens with one attached hydrogen (secondary N) is 1. The highest BCUT2D eigenvalue weighted by molar-refractivity contribution is 8.00. The Morgan fingerprint density at radius 2 is 1.96 bits per heavy atom. The minimum absolute atomic E-state index is 0.193. The fourth-order valence-electron chi connectivity index (χ4n) is 2.77. The second-order valence-electron chi connectivity index (χ2n) is 6.11. The number of ether oxygens (including phenoxy) is 1. The van der Waals surface area contributed by atoms with Crippen molar-refractivity contribution in [1.29, 1.82) is 0 Å². The van der Waals surface area contributed by atoms with Gasteiger partial charge in [-0.25, -0.2) is 0 Å². The fraction of sp³-hybridized carbons (Fsp3) is 0.556. The first kappa shape index (κ1) is 17.9. The quantitative estimate of drug-likeness (QED) is 0.639. The van der Waals surface area contributed by atoms with Crippen LogP contribution in [0.15, 0.2) is 35.2 Å². The van der Waals surface area contributed by atoms with Crippen molar-refractivity contribution >= 4 is 23.6 Å². The van der Waals surface area contributed by atoms with Crippen LogP contribution in [0.5, 0.6) is 0 Å². The molecule has 0 aromatic heterocycles. The van der Waals surface area contributed by atoms with Crippen molar-refractivity contribution in [3.05, 3.63) is 30.3 Å². The van der Waals surface area contributed by atoms with E-state index in [1.54, 1.807) is 6.92 Å². The molecule has 0 spiro atoms. The molecule has 1 aliphatic rings. The zero-order chi connectivity index (χ0) is 16.7. The first-order valence-electron chi connectivity index (χ1n) is 8.24. The highest BCUT2D eigenvalue weighted by atomic mass is 32.2. The smallest absolute Gasteiger partial charge is 0.317 e. The summed E-state index contributed by atoms with van der Waals surface area (Å²) in [6.07, 6.45) is 3.80. The van der Waals surface area contributed by atoms with Gasteiger partial charge in [-0.3, -0.25) is 9.59 Å². The predicted octanol–water partition coefficient (Wildman–Crippen LogP) is 3.41. The van der Waals surface area contributed by atoms with E-state index < -0.39 is 6.10 Å². The lowest BCUT2D eigenvalue weighted by Gasteiger charge is -2.30. The number of carbonyl (C=O) groups excluding carboxylic acids is 2. The first-order valence-corrected chi connectivity index (χ1v) is 9.22. The molecule has 23 heavy (non-hydrogen) atoms. The molecular formula is C18H25NO3S. The SMILES string of the molecule is C[C@@H](OC(=O)CSc1ccccc1)C(=O)N[C@H]1CCCC[C@@H]1C. The number of hydrogen-bond donors (Lipinski definition) is 1. The summed E-state index contributed by atoms with van der Waals surface area (Å²) in [5.74, 6) is 0.144. The molecule has 0 unspecified atom stereocenters. The summed E-state index contributed by atoms with van der Waals surface area (Å²) in [4.78, 5) is 25.0. The molecule has 1 N–H and O–H groups in total. The van der Waals surface area contributed by atoms with E-state index in [0.717, 1.165) is 24.2 Å². The molecule has 0 aliphatic heterocycles. The Bertz CT molecular complexity index is 520. The number of amides is 1. The summed E-state index contributed by atoms with van der Waals surface area (Å²) < 4.78 is 5.24. The lowest BCUT2D eigenvalue weighted by Crippen LogP contribution is -2.46.